The first-order valence-electron chi connectivity index (χ1n) is 6.02. The van der Waals surface area contributed by atoms with Crippen LogP contribution in [0.4, 0.5) is 0 Å². The molecule has 1 saturated carbocycles. The summed E-state index contributed by atoms with van der Waals surface area (Å²) in [7, 11) is 0. The fourth-order valence-electron chi connectivity index (χ4n) is 2.76. The summed E-state index contributed by atoms with van der Waals surface area (Å²) in [5.74, 6) is 3.49. The van der Waals surface area contributed by atoms with E-state index in [2.05, 4.69) is 29.6 Å². The molecule has 1 spiro atoms. The summed E-state index contributed by atoms with van der Waals surface area (Å²) in [4.78, 5) is 0. The summed E-state index contributed by atoms with van der Waals surface area (Å²) >= 11 is 4.40. The topological polar surface area (TPSA) is 23.8 Å². The Hall–Kier alpha value is 0.190. The number of nitrogens with zero attached hydrogens (tertiary/aromatic N) is 1. The Morgan fingerprint density at radius 3 is 2.73 bits per heavy atom. The van der Waals surface area contributed by atoms with Crippen LogP contribution in [0.15, 0.2) is 0 Å². The molecule has 2 fully saturated rings. The smallest absolute Gasteiger partial charge is 0.0639 e. The molecule has 1 heterocycles. The second-order valence-electron chi connectivity index (χ2n) is 4.50. The molecule has 0 unspecified atom stereocenters. The lowest BCUT2D eigenvalue weighted by molar-refractivity contribution is 0.330. The highest BCUT2D eigenvalue weighted by molar-refractivity contribution is 8.18. The maximum Gasteiger partial charge on any atom is 0.0639 e. The molecule has 1 nitrogen and oxygen atoms in total. The number of nitriles is 1. The minimum absolute atomic E-state index is 0.507. The van der Waals surface area contributed by atoms with Gasteiger partial charge in [-0.05, 0) is 43.1 Å². The molecule has 0 radical (unpaired) electrons. The van der Waals surface area contributed by atoms with Gasteiger partial charge in [-0.25, -0.2) is 0 Å². The predicted molar refractivity (Wildman–Crippen MR) is 69.1 cm³/mol. The third kappa shape index (κ3) is 2.65. The predicted octanol–water partition coefficient (Wildman–Crippen LogP) is 4.05. The highest BCUT2D eigenvalue weighted by atomic mass is 32.2. The van der Waals surface area contributed by atoms with Crippen LogP contribution < -0.4 is 0 Å². The zero-order valence-corrected chi connectivity index (χ0v) is 10.8. The van der Waals surface area contributed by atoms with Crippen molar-refractivity contribution in [3.05, 3.63) is 0 Å². The van der Waals surface area contributed by atoms with Crippen LogP contribution in [0.3, 0.4) is 0 Å². The highest BCUT2D eigenvalue weighted by Crippen LogP contribution is 2.55. The van der Waals surface area contributed by atoms with Gasteiger partial charge in [0.05, 0.1) is 10.1 Å². The number of thioether (sulfide) groups is 2. The van der Waals surface area contributed by atoms with Crippen molar-refractivity contribution in [2.75, 3.05) is 11.5 Å². The molecule has 1 saturated heterocycles. The van der Waals surface area contributed by atoms with Crippen LogP contribution in [-0.2, 0) is 0 Å². The number of hydrogen-bond acceptors (Lipinski definition) is 3. The van der Waals surface area contributed by atoms with Gasteiger partial charge in [-0.3, -0.25) is 0 Å². The van der Waals surface area contributed by atoms with Crippen LogP contribution in [0.1, 0.15) is 44.9 Å². The third-order valence-electron chi connectivity index (χ3n) is 3.54. The maximum atomic E-state index is 8.72. The van der Waals surface area contributed by atoms with Crippen molar-refractivity contribution in [2.45, 2.75) is 49.0 Å². The number of rotatable bonds is 2. The first-order valence-corrected chi connectivity index (χ1v) is 7.99. The van der Waals surface area contributed by atoms with E-state index in [1.807, 2.05) is 0 Å². The van der Waals surface area contributed by atoms with Gasteiger partial charge in [0.15, 0.2) is 0 Å². The lowest BCUT2D eigenvalue weighted by Gasteiger charge is -2.45. The summed E-state index contributed by atoms with van der Waals surface area (Å²) in [6.07, 6.45) is 8.81. The lowest BCUT2D eigenvalue weighted by atomic mass is 9.85. The van der Waals surface area contributed by atoms with Gasteiger partial charge in [-0.1, -0.05) is 12.8 Å². The molecule has 3 heteroatoms. The summed E-state index contributed by atoms with van der Waals surface area (Å²) in [5, 5.41) is 8.72. The van der Waals surface area contributed by atoms with E-state index in [4.69, 9.17) is 5.26 Å². The average molecular weight is 241 g/mol. The zero-order valence-electron chi connectivity index (χ0n) is 9.21. The quantitative estimate of drug-likeness (QED) is 0.729. The molecular weight excluding hydrogens is 222 g/mol. The fraction of sp³-hybridized carbons (Fsp3) is 0.917. The van der Waals surface area contributed by atoms with E-state index in [9.17, 15) is 0 Å². The minimum atomic E-state index is 0.507. The lowest BCUT2D eigenvalue weighted by Crippen LogP contribution is -2.37. The molecule has 0 aromatic carbocycles. The summed E-state index contributed by atoms with van der Waals surface area (Å²) < 4.78 is 0.507. The van der Waals surface area contributed by atoms with Gasteiger partial charge in [0.2, 0.25) is 0 Å². The molecular formula is C12H19NS2. The minimum Gasteiger partial charge on any atom is -0.198 e. The molecule has 0 aromatic rings. The maximum absolute atomic E-state index is 8.72. The molecule has 0 amide bonds. The van der Waals surface area contributed by atoms with Gasteiger partial charge in [-0.2, -0.15) is 5.26 Å². The van der Waals surface area contributed by atoms with E-state index < -0.39 is 0 Å². The van der Waals surface area contributed by atoms with E-state index in [1.54, 1.807) is 0 Å². The molecule has 2 aliphatic rings. The Morgan fingerprint density at radius 1 is 1.20 bits per heavy atom. The normalized spacial score (nSPS) is 29.9. The highest BCUT2D eigenvalue weighted by Gasteiger charge is 2.42. The van der Waals surface area contributed by atoms with Crippen molar-refractivity contribution in [2.24, 2.45) is 5.92 Å². The van der Waals surface area contributed by atoms with E-state index in [0.29, 0.717) is 4.08 Å². The summed E-state index contributed by atoms with van der Waals surface area (Å²) in [6, 6.07) is 2.32. The van der Waals surface area contributed by atoms with Crippen molar-refractivity contribution >= 4 is 23.5 Å². The second kappa shape index (κ2) is 5.50. The van der Waals surface area contributed by atoms with Crippen LogP contribution in [0.2, 0.25) is 0 Å². The third-order valence-corrected chi connectivity index (χ3v) is 7.28. The van der Waals surface area contributed by atoms with Crippen LogP contribution in [-0.4, -0.2) is 15.6 Å². The monoisotopic (exact) mass is 241 g/mol. The van der Waals surface area contributed by atoms with Gasteiger partial charge in [-0.15, -0.1) is 23.5 Å². The van der Waals surface area contributed by atoms with Gasteiger partial charge in [0, 0.05) is 6.42 Å². The van der Waals surface area contributed by atoms with Crippen molar-refractivity contribution in [3.8, 4) is 6.07 Å². The van der Waals surface area contributed by atoms with Gasteiger partial charge in [0.1, 0.15) is 0 Å². The molecule has 2 rings (SSSR count). The molecule has 0 bridgehead atoms. The molecule has 15 heavy (non-hydrogen) atoms. The molecule has 1 aliphatic carbocycles. The molecule has 0 aromatic heterocycles. The van der Waals surface area contributed by atoms with Crippen molar-refractivity contribution in [3.63, 3.8) is 0 Å². The Morgan fingerprint density at radius 2 is 2.00 bits per heavy atom. The van der Waals surface area contributed by atoms with E-state index in [0.717, 1.165) is 18.8 Å². The van der Waals surface area contributed by atoms with Crippen molar-refractivity contribution in [1.29, 1.82) is 5.26 Å². The Balaban J connectivity index is 2.00. The van der Waals surface area contributed by atoms with Gasteiger partial charge < -0.3 is 0 Å². The first-order chi connectivity index (χ1) is 7.37. The first kappa shape index (κ1) is 11.7. The van der Waals surface area contributed by atoms with Crippen molar-refractivity contribution in [1.82, 2.24) is 0 Å². The average Bonchev–Trinajstić information content (AvgIpc) is 2.29. The van der Waals surface area contributed by atoms with Crippen molar-refractivity contribution < 1.29 is 0 Å². The SMILES string of the molecule is N#CCC[C@H]1CCCCC12SCCCS2. The molecule has 0 N–H and O–H groups in total. The zero-order chi connectivity index (χ0) is 10.6. The van der Waals surface area contributed by atoms with Crippen LogP contribution in [0.25, 0.3) is 0 Å². The molecule has 84 valence electrons. The largest absolute Gasteiger partial charge is 0.198 e. The standard InChI is InChI=1S/C12H19NS2/c13-8-3-6-11-5-1-2-7-12(11)14-9-4-10-15-12/h11H,1-7,9-10H2/t11-/m1/s1. The van der Waals surface area contributed by atoms with Crippen LogP contribution in [0.5, 0.6) is 0 Å². The van der Waals surface area contributed by atoms with Crippen LogP contribution in [0, 0.1) is 17.2 Å². The van der Waals surface area contributed by atoms with E-state index >= 15 is 0 Å². The summed E-state index contributed by atoms with van der Waals surface area (Å²) in [6.45, 7) is 0. The fourth-order valence-corrected chi connectivity index (χ4v) is 6.56. The van der Waals surface area contributed by atoms with Gasteiger partial charge >= 0.3 is 0 Å². The van der Waals surface area contributed by atoms with E-state index in [1.165, 1.54) is 43.6 Å². The second-order valence-corrected chi connectivity index (χ2v) is 7.61. The Labute approximate surface area is 101 Å². The van der Waals surface area contributed by atoms with Gasteiger partial charge in [0.25, 0.3) is 0 Å². The Kier molecular flexibility index (Phi) is 4.28. The Bertz CT molecular complexity index is 232. The number of hydrogen-bond donors (Lipinski definition) is 0. The van der Waals surface area contributed by atoms with E-state index in [-0.39, 0.29) is 0 Å². The molecule has 1 aliphatic heterocycles. The molecule has 1 atom stereocenters. The van der Waals surface area contributed by atoms with Crippen LogP contribution >= 0.6 is 23.5 Å². The summed E-state index contributed by atoms with van der Waals surface area (Å²) in [5.41, 5.74) is 0.